The van der Waals surface area contributed by atoms with E-state index in [0.717, 1.165) is 27.9 Å². The van der Waals surface area contributed by atoms with Gasteiger partial charge in [0, 0.05) is 36.8 Å². The van der Waals surface area contributed by atoms with E-state index in [1.54, 1.807) is 18.0 Å². The number of ether oxygens (including phenoxy) is 1. The van der Waals surface area contributed by atoms with E-state index < -0.39 is 0 Å². The molecule has 0 bridgehead atoms. The van der Waals surface area contributed by atoms with Gasteiger partial charge in [-0.1, -0.05) is 0 Å². The van der Waals surface area contributed by atoms with Crippen molar-refractivity contribution in [2.45, 2.75) is 0 Å². The molecule has 19 heavy (non-hydrogen) atoms. The maximum absolute atomic E-state index is 6.02. The van der Waals surface area contributed by atoms with Crippen LogP contribution < -0.4 is 10.5 Å². The molecule has 2 N–H and O–H groups in total. The average molecular weight is 256 g/mol. The molecule has 1 aromatic carbocycles. The zero-order chi connectivity index (χ0) is 13.6. The number of fused-ring (bicyclic) bond motifs is 1. The predicted octanol–water partition coefficient (Wildman–Crippen LogP) is 2.17. The molecular formula is C14H16N4O. The maximum Gasteiger partial charge on any atom is 0.119 e. The molecule has 0 aliphatic rings. The number of anilines is 1. The summed E-state index contributed by atoms with van der Waals surface area (Å²) in [7, 11) is 5.58. The minimum Gasteiger partial charge on any atom is -0.497 e. The van der Waals surface area contributed by atoms with Crippen LogP contribution in [0.4, 0.5) is 5.69 Å². The van der Waals surface area contributed by atoms with E-state index in [9.17, 15) is 0 Å². The van der Waals surface area contributed by atoms with E-state index in [4.69, 9.17) is 10.5 Å². The lowest BCUT2D eigenvalue weighted by Crippen LogP contribution is -1.95. The van der Waals surface area contributed by atoms with Gasteiger partial charge in [0.05, 0.1) is 24.7 Å². The van der Waals surface area contributed by atoms with Gasteiger partial charge in [-0.3, -0.25) is 4.68 Å². The molecule has 0 aliphatic heterocycles. The Balaban J connectivity index is 2.35. The van der Waals surface area contributed by atoms with Gasteiger partial charge in [-0.2, -0.15) is 5.10 Å². The number of rotatable bonds is 2. The summed E-state index contributed by atoms with van der Waals surface area (Å²) in [6, 6.07) is 6.03. The zero-order valence-corrected chi connectivity index (χ0v) is 11.2. The van der Waals surface area contributed by atoms with E-state index in [1.165, 1.54) is 0 Å². The average Bonchev–Trinajstić information content (AvgIpc) is 2.90. The van der Waals surface area contributed by atoms with Crippen molar-refractivity contribution in [2.75, 3.05) is 12.8 Å². The molecule has 0 aliphatic carbocycles. The number of benzene rings is 1. The van der Waals surface area contributed by atoms with Gasteiger partial charge in [-0.25, -0.2) is 0 Å². The summed E-state index contributed by atoms with van der Waals surface area (Å²) < 4.78 is 9.18. The van der Waals surface area contributed by atoms with Crippen molar-refractivity contribution in [1.82, 2.24) is 14.3 Å². The first-order chi connectivity index (χ1) is 9.11. The summed E-state index contributed by atoms with van der Waals surface area (Å²) in [6.45, 7) is 0. The van der Waals surface area contributed by atoms with Crippen LogP contribution in [0.3, 0.4) is 0 Å². The van der Waals surface area contributed by atoms with Crippen LogP contribution in [0, 0.1) is 0 Å². The van der Waals surface area contributed by atoms with Crippen LogP contribution in [0.2, 0.25) is 0 Å². The number of nitrogen functional groups attached to an aromatic ring is 1. The highest BCUT2D eigenvalue weighted by Crippen LogP contribution is 2.34. The fourth-order valence-corrected chi connectivity index (χ4v) is 2.47. The predicted molar refractivity (Wildman–Crippen MR) is 76.1 cm³/mol. The van der Waals surface area contributed by atoms with E-state index in [2.05, 4.69) is 15.9 Å². The molecule has 0 unspecified atom stereocenters. The van der Waals surface area contributed by atoms with Gasteiger partial charge in [0.15, 0.2) is 0 Å². The normalized spacial score (nSPS) is 11.1. The Labute approximate surface area is 111 Å². The number of hydrogen-bond acceptors (Lipinski definition) is 3. The molecule has 0 radical (unpaired) electrons. The van der Waals surface area contributed by atoms with Crippen LogP contribution in [0.15, 0.2) is 30.6 Å². The Hall–Kier alpha value is -2.43. The molecule has 0 saturated heterocycles. The van der Waals surface area contributed by atoms with Gasteiger partial charge < -0.3 is 15.0 Å². The quantitative estimate of drug-likeness (QED) is 0.764. The number of nitrogens with two attached hydrogens (primary N) is 1. The van der Waals surface area contributed by atoms with Crippen molar-refractivity contribution in [1.29, 1.82) is 0 Å². The van der Waals surface area contributed by atoms with Gasteiger partial charge in [0.1, 0.15) is 5.75 Å². The third-order valence-corrected chi connectivity index (χ3v) is 3.42. The van der Waals surface area contributed by atoms with E-state index >= 15 is 0 Å². The third-order valence-electron chi connectivity index (χ3n) is 3.42. The minimum atomic E-state index is 0.679. The van der Waals surface area contributed by atoms with Crippen LogP contribution in [0.1, 0.15) is 0 Å². The van der Waals surface area contributed by atoms with Gasteiger partial charge >= 0.3 is 0 Å². The van der Waals surface area contributed by atoms with E-state index in [1.807, 2.05) is 32.3 Å². The smallest absolute Gasteiger partial charge is 0.119 e. The Morgan fingerprint density at radius 2 is 2.05 bits per heavy atom. The van der Waals surface area contributed by atoms with E-state index in [-0.39, 0.29) is 0 Å². The first-order valence-electron chi connectivity index (χ1n) is 6.02. The summed E-state index contributed by atoms with van der Waals surface area (Å²) in [5.41, 5.74) is 9.83. The second-order valence-corrected chi connectivity index (χ2v) is 4.61. The maximum atomic E-state index is 6.02. The fraction of sp³-hybridized carbons (Fsp3) is 0.214. The summed E-state index contributed by atoms with van der Waals surface area (Å²) in [5.74, 6) is 0.834. The Kier molecular flexibility index (Phi) is 2.48. The molecular weight excluding hydrogens is 240 g/mol. The summed E-state index contributed by atoms with van der Waals surface area (Å²) in [5, 5.41) is 5.31. The molecule has 2 aromatic heterocycles. The Morgan fingerprint density at radius 1 is 1.26 bits per heavy atom. The first-order valence-corrected chi connectivity index (χ1v) is 6.02. The first kappa shape index (κ1) is 11.6. The van der Waals surface area contributed by atoms with Crippen molar-refractivity contribution in [3.63, 3.8) is 0 Å². The summed E-state index contributed by atoms with van der Waals surface area (Å²) >= 11 is 0. The van der Waals surface area contributed by atoms with Crippen LogP contribution in [-0.2, 0) is 14.1 Å². The van der Waals surface area contributed by atoms with Crippen molar-refractivity contribution >= 4 is 16.6 Å². The molecule has 3 aromatic rings. The molecule has 2 heterocycles. The Bertz CT molecular complexity index is 735. The van der Waals surface area contributed by atoms with Gasteiger partial charge in [0.2, 0.25) is 0 Å². The third kappa shape index (κ3) is 1.66. The van der Waals surface area contributed by atoms with Crippen molar-refractivity contribution < 1.29 is 4.74 Å². The number of aromatic nitrogens is 3. The zero-order valence-electron chi connectivity index (χ0n) is 11.2. The van der Waals surface area contributed by atoms with Crippen molar-refractivity contribution in [3.05, 3.63) is 30.6 Å². The number of nitrogens with zero attached hydrogens (tertiary/aromatic N) is 3. The highest BCUT2D eigenvalue weighted by Gasteiger charge is 2.15. The Morgan fingerprint density at radius 3 is 2.68 bits per heavy atom. The lowest BCUT2D eigenvalue weighted by Gasteiger charge is -2.04. The number of hydrogen-bond donors (Lipinski definition) is 1. The lowest BCUT2D eigenvalue weighted by molar-refractivity contribution is 0.415. The number of methoxy groups -OCH3 is 1. The minimum absolute atomic E-state index is 0.679. The van der Waals surface area contributed by atoms with Crippen LogP contribution in [0.5, 0.6) is 5.75 Å². The second kappa shape index (κ2) is 4.05. The molecule has 5 heteroatoms. The highest BCUT2D eigenvalue weighted by atomic mass is 16.5. The molecule has 0 atom stereocenters. The van der Waals surface area contributed by atoms with Crippen LogP contribution in [-0.4, -0.2) is 21.5 Å². The molecule has 5 nitrogen and oxygen atoms in total. The second-order valence-electron chi connectivity index (χ2n) is 4.61. The van der Waals surface area contributed by atoms with Crippen molar-refractivity contribution in [3.8, 4) is 17.0 Å². The molecule has 3 rings (SSSR count). The topological polar surface area (TPSA) is 58.0 Å². The monoisotopic (exact) mass is 256 g/mol. The van der Waals surface area contributed by atoms with E-state index in [0.29, 0.717) is 5.69 Å². The molecule has 98 valence electrons. The molecule has 0 spiro atoms. The highest BCUT2D eigenvalue weighted by molar-refractivity contribution is 5.98. The van der Waals surface area contributed by atoms with Crippen LogP contribution >= 0.6 is 0 Å². The van der Waals surface area contributed by atoms with Gasteiger partial charge in [0.25, 0.3) is 0 Å². The fourth-order valence-electron chi connectivity index (χ4n) is 2.47. The molecule has 0 amide bonds. The summed E-state index contributed by atoms with van der Waals surface area (Å²) in [6.07, 6.45) is 3.74. The summed E-state index contributed by atoms with van der Waals surface area (Å²) in [4.78, 5) is 0. The van der Waals surface area contributed by atoms with Gasteiger partial charge in [-0.15, -0.1) is 0 Å². The SMILES string of the molecule is COc1ccc2c(c1)c(-c1c(N)cnn1C)cn2C. The molecule has 0 saturated carbocycles. The lowest BCUT2D eigenvalue weighted by atomic mass is 10.1. The van der Waals surface area contributed by atoms with Crippen LogP contribution in [0.25, 0.3) is 22.2 Å². The largest absolute Gasteiger partial charge is 0.497 e. The molecule has 0 fully saturated rings. The van der Waals surface area contributed by atoms with Crippen molar-refractivity contribution in [2.24, 2.45) is 14.1 Å². The standard InChI is InChI=1S/C14H16N4O/c1-17-8-11(14-12(15)7-16-18(14)2)10-6-9(19-3)4-5-13(10)17/h4-8H,15H2,1-3H3. The number of aryl methyl sites for hydroxylation is 2. The van der Waals surface area contributed by atoms with Gasteiger partial charge in [-0.05, 0) is 18.2 Å².